The summed E-state index contributed by atoms with van der Waals surface area (Å²) < 4.78 is 0. The molecule has 0 saturated carbocycles. The van der Waals surface area contributed by atoms with Crippen LogP contribution in [0.4, 0.5) is 0 Å². The van der Waals surface area contributed by atoms with Gasteiger partial charge in [0.15, 0.2) is 0 Å². The van der Waals surface area contributed by atoms with Gasteiger partial charge in [-0.2, -0.15) is 0 Å². The highest BCUT2D eigenvalue weighted by atomic mass is 15.2. The van der Waals surface area contributed by atoms with Gasteiger partial charge in [0.2, 0.25) is 0 Å². The lowest BCUT2D eigenvalue weighted by Crippen LogP contribution is -2.42. The van der Waals surface area contributed by atoms with Crippen molar-refractivity contribution >= 4 is 0 Å². The summed E-state index contributed by atoms with van der Waals surface area (Å²) in [6, 6.07) is 1.43. The lowest BCUT2D eigenvalue weighted by atomic mass is 9.92. The van der Waals surface area contributed by atoms with Crippen LogP contribution in [-0.4, -0.2) is 55.6 Å². The Morgan fingerprint density at radius 2 is 2.07 bits per heavy atom. The van der Waals surface area contributed by atoms with Gasteiger partial charge in [-0.25, -0.2) is 0 Å². The predicted molar refractivity (Wildman–Crippen MR) is 66.0 cm³/mol. The van der Waals surface area contributed by atoms with Crippen LogP contribution in [0.15, 0.2) is 0 Å². The van der Waals surface area contributed by atoms with Gasteiger partial charge in [0.25, 0.3) is 0 Å². The van der Waals surface area contributed by atoms with Crippen molar-refractivity contribution in [2.45, 2.75) is 39.3 Å². The van der Waals surface area contributed by atoms with Crippen molar-refractivity contribution in [3.05, 3.63) is 0 Å². The zero-order valence-corrected chi connectivity index (χ0v) is 11.0. The van der Waals surface area contributed by atoms with Crippen molar-refractivity contribution in [3.63, 3.8) is 0 Å². The molecule has 15 heavy (non-hydrogen) atoms. The smallest absolute Gasteiger partial charge is 0.0235 e. The first-order valence-corrected chi connectivity index (χ1v) is 5.96. The van der Waals surface area contributed by atoms with Crippen LogP contribution in [0.2, 0.25) is 0 Å². The van der Waals surface area contributed by atoms with Gasteiger partial charge in [0.05, 0.1) is 0 Å². The summed E-state index contributed by atoms with van der Waals surface area (Å²) >= 11 is 0. The van der Waals surface area contributed by atoms with E-state index >= 15 is 0 Å². The van der Waals surface area contributed by atoms with Gasteiger partial charge >= 0.3 is 0 Å². The predicted octanol–water partition coefficient (Wildman–Crippen LogP) is 0.996. The molecular formula is C12H27N3. The fourth-order valence-corrected chi connectivity index (χ4v) is 2.35. The average molecular weight is 213 g/mol. The monoisotopic (exact) mass is 213 g/mol. The molecule has 0 aliphatic carbocycles. The van der Waals surface area contributed by atoms with Crippen LogP contribution in [0.1, 0.15) is 27.2 Å². The van der Waals surface area contributed by atoms with E-state index in [-0.39, 0.29) is 5.41 Å². The average Bonchev–Trinajstić information content (AvgIpc) is 2.47. The quantitative estimate of drug-likeness (QED) is 0.756. The summed E-state index contributed by atoms with van der Waals surface area (Å²) in [5.41, 5.74) is 6.01. The number of likely N-dealkylation sites (N-methyl/N-ethyl adjacent to an activating group) is 2. The van der Waals surface area contributed by atoms with Crippen LogP contribution in [0.5, 0.6) is 0 Å². The van der Waals surface area contributed by atoms with Crippen LogP contribution in [0, 0.1) is 5.41 Å². The summed E-state index contributed by atoms with van der Waals surface area (Å²) in [7, 11) is 4.44. The maximum absolute atomic E-state index is 5.77. The summed E-state index contributed by atoms with van der Waals surface area (Å²) in [5, 5.41) is 0. The van der Waals surface area contributed by atoms with Crippen LogP contribution in [0.25, 0.3) is 0 Å². The van der Waals surface area contributed by atoms with E-state index in [9.17, 15) is 0 Å². The number of hydrogen-bond acceptors (Lipinski definition) is 3. The Hall–Kier alpha value is -0.120. The fourth-order valence-electron chi connectivity index (χ4n) is 2.35. The number of likely N-dealkylation sites (tertiary alicyclic amines) is 1. The van der Waals surface area contributed by atoms with E-state index in [4.69, 9.17) is 5.73 Å². The first-order chi connectivity index (χ1) is 6.85. The van der Waals surface area contributed by atoms with Crippen molar-refractivity contribution in [2.24, 2.45) is 11.1 Å². The Bertz CT molecular complexity index is 193. The van der Waals surface area contributed by atoms with Crippen LogP contribution in [0.3, 0.4) is 0 Å². The summed E-state index contributed by atoms with van der Waals surface area (Å²) in [5.74, 6) is 0. The number of nitrogens with zero attached hydrogens (tertiary/aromatic N) is 2. The topological polar surface area (TPSA) is 32.5 Å². The maximum Gasteiger partial charge on any atom is 0.0235 e. The van der Waals surface area contributed by atoms with E-state index in [1.54, 1.807) is 0 Å². The molecule has 0 aromatic rings. The van der Waals surface area contributed by atoms with Crippen LogP contribution in [-0.2, 0) is 0 Å². The van der Waals surface area contributed by atoms with Crippen LogP contribution < -0.4 is 5.73 Å². The zero-order chi connectivity index (χ0) is 11.6. The molecule has 3 nitrogen and oxygen atoms in total. The Morgan fingerprint density at radius 3 is 2.47 bits per heavy atom. The third kappa shape index (κ3) is 3.44. The Labute approximate surface area is 94.6 Å². The molecule has 2 atom stereocenters. The van der Waals surface area contributed by atoms with Gasteiger partial charge in [0, 0.05) is 25.2 Å². The second kappa shape index (κ2) is 4.81. The minimum absolute atomic E-state index is 0.235. The highest BCUT2D eigenvalue weighted by Gasteiger charge is 2.31. The van der Waals surface area contributed by atoms with E-state index in [1.807, 2.05) is 0 Å². The van der Waals surface area contributed by atoms with Gasteiger partial charge < -0.3 is 15.5 Å². The number of hydrogen-bond donors (Lipinski definition) is 1. The van der Waals surface area contributed by atoms with Crippen molar-refractivity contribution in [2.75, 3.05) is 33.7 Å². The summed E-state index contributed by atoms with van der Waals surface area (Å²) in [4.78, 5) is 4.92. The first kappa shape index (κ1) is 12.9. The molecule has 1 rings (SSSR count). The van der Waals surface area contributed by atoms with Gasteiger partial charge in [0.1, 0.15) is 0 Å². The highest BCUT2D eigenvalue weighted by molar-refractivity contribution is 4.87. The van der Waals surface area contributed by atoms with Crippen molar-refractivity contribution in [3.8, 4) is 0 Å². The largest absolute Gasteiger partial charge is 0.330 e. The van der Waals surface area contributed by atoms with Gasteiger partial charge in [-0.15, -0.1) is 0 Å². The van der Waals surface area contributed by atoms with E-state index in [0.29, 0.717) is 6.04 Å². The zero-order valence-electron chi connectivity index (χ0n) is 11.0. The maximum atomic E-state index is 5.77. The third-order valence-corrected chi connectivity index (χ3v) is 3.72. The van der Waals surface area contributed by atoms with E-state index < -0.39 is 0 Å². The molecule has 1 fully saturated rings. The molecular weight excluding hydrogens is 186 g/mol. The molecule has 0 spiro atoms. The highest BCUT2D eigenvalue weighted by Crippen LogP contribution is 2.22. The molecule has 3 heteroatoms. The molecule has 0 radical (unpaired) electrons. The molecule has 1 aliphatic heterocycles. The molecule has 1 saturated heterocycles. The van der Waals surface area contributed by atoms with Crippen molar-refractivity contribution in [1.29, 1.82) is 0 Å². The van der Waals surface area contributed by atoms with Gasteiger partial charge in [-0.05, 0) is 39.4 Å². The molecule has 2 N–H and O–H groups in total. The Balaban J connectivity index is 2.45. The fraction of sp³-hybridized carbons (Fsp3) is 1.00. The number of rotatable bonds is 4. The molecule has 90 valence electrons. The summed E-state index contributed by atoms with van der Waals surface area (Å²) in [6.07, 6.45) is 1.29. The van der Waals surface area contributed by atoms with Crippen LogP contribution >= 0.6 is 0 Å². The summed E-state index contributed by atoms with van der Waals surface area (Å²) in [6.45, 7) is 9.83. The van der Waals surface area contributed by atoms with E-state index in [0.717, 1.165) is 19.1 Å². The minimum Gasteiger partial charge on any atom is -0.330 e. The van der Waals surface area contributed by atoms with Gasteiger partial charge in [-0.3, -0.25) is 0 Å². The van der Waals surface area contributed by atoms with Crippen molar-refractivity contribution < 1.29 is 0 Å². The molecule has 0 bridgehead atoms. The first-order valence-electron chi connectivity index (χ1n) is 5.96. The molecule has 0 aromatic heterocycles. The van der Waals surface area contributed by atoms with Gasteiger partial charge in [-0.1, -0.05) is 13.8 Å². The minimum atomic E-state index is 0.235. The lowest BCUT2D eigenvalue weighted by molar-refractivity contribution is 0.166. The normalized spacial score (nSPS) is 29.0. The lowest BCUT2D eigenvalue weighted by Gasteiger charge is -2.32. The third-order valence-electron chi connectivity index (χ3n) is 3.72. The Kier molecular flexibility index (Phi) is 4.15. The van der Waals surface area contributed by atoms with Crippen molar-refractivity contribution in [1.82, 2.24) is 9.80 Å². The Morgan fingerprint density at radius 1 is 1.47 bits per heavy atom. The van der Waals surface area contributed by atoms with E-state index in [2.05, 4.69) is 44.7 Å². The second-order valence-electron chi connectivity index (χ2n) is 5.96. The molecule has 0 aromatic carbocycles. The SMILES string of the molecule is CC1CC(N(C)CC(C)(C)CN)CN1C. The molecule has 1 heterocycles. The molecule has 2 unspecified atom stereocenters. The molecule has 0 amide bonds. The van der Waals surface area contributed by atoms with E-state index in [1.165, 1.54) is 13.0 Å². The number of nitrogens with two attached hydrogens (primary N) is 1. The second-order valence-corrected chi connectivity index (χ2v) is 5.96. The standard InChI is InChI=1S/C12H27N3/c1-10-6-11(7-14(10)4)15(5)9-12(2,3)8-13/h10-11H,6-9,13H2,1-5H3. The molecule has 1 aliphatic rings.